The Kier molecular flexibility index (Phi) is 5.40. The number of carbonyl (C=O) groups excluding carboxylic acids is 2. The number of aliphatic carboxylic acids is 1. The molecule has 1 aromatic carbocycles. The molecule has 4 atom stereocenters. The third-order valence-electron chi connectivity index (χ3n) is 6.74. The van der Waals surface area contributed by atoms with Gasteiger partial charge in [-0.05, 0) is 61.6 Å². The maximum Gasteiger partial charge on any atom is 0.341 e. The summed E-state index contributed by atoms with van der Waals surface area (Å²) in [6, 6.07) is 5.94. The van der Waals surface area contributed by atoms with Crippen LogP contribution in [0.2, 0.25) is 0 Å². The number of carboxylic acid groups (broad SMARTS) is 1. The van der Waals surface area contributed by atoms with Crippen molar-refractivity contribution in [2.24, 2.45) is 23.7 Å². The van der Waals surface area contributed by atoms with E-state index in [1.54, 1.807) is 0 Å². The third-order valence-corrected chi connectivity index (χ3v) is 7.63. The van der Waals surface area contributed by atoms with Crippen LogP contribution in [0.25, 0.3) is 11.1 Å². The molecule has 1 aromatic heterocycles. The lowest BCUT2D eigenvalue weighted by Gasteiger charge is -2.26. The number of hydrogen-bond acceptors (Lipinski definition) is 5. The number of hydrogen-bond donors (Lipinski definition) is 2. The van der Waals surface area contributed by atoms with Crippen molar-refractivity contribution in [1.82, 2.24) is 0 Å². The van der Waals surface area contributed by atoms with Crippen LogP contribution in [0.4, 0.5) is 5.00 Å². The van der Waals surface area contributed by atoms with E-state index in [1.165, 1.54) is 18.4 Å². The van der Waals surface area contributed by atoms with E-state index in [4.69, 9.17) is 4.74 Å². The highest BCUT2D eigenvalue weighted by Gasteiger charge is 2.54. The lowest BCUT2D eigenvalue weighted by atomic mass is 9.78. The molecule has 158 valence electrons. The Morgan fingerprint density at radius 3 is 2.43 bits per heavy atom. The standard InChI is InChI=1S/C23H25NO5S/c1-11-4-5-13(8-12(11)2)16-10-30-21(19(16)23(28)29-3)24-20(25)17-14-6-7-15(9-14)18(17)22(26)27/h4-5,8,10,14-15,17-18H,6-7,9H2,1-3H3,(H,24,25)(H,26,27)/t14-,15-,17-,18+/m0/s1. The summed E-state index contributed by atoms with van der Waals surface area (Å²) in [7, 11) is 1.31. The molecule has 30 heavy (non-hydrogen) atoms. The molecule has 2 fully saturated rings. The smallest absolute Gasteiger partial charge is 0.341 e. The van der Waals surface area contributed by atoms with Gasteiger partial charge in [-0.3, -0.25) is 9.59 Å². The van der Waals surface area contributed by atoms with E-state index in [2.05, 4.69) is 5.32 Å². The highest BCUT2D eigenvalue weighted by Crippen LogP contribution is 2.53. The first-order valence-electron chi connectivity index (χ1n) is 10.1. The highest BCUT2D eigenvalue weighted by atomic mass is 32.1. The zero-order valence-electron chi connectivity index (χ0n) is 17.2. The maximum atomic E-state index is 13.1. The molecule has 0 radical (unpaired) electrons. The van der Waals surface area contributed by atoms with Gasteiger partial charge in [0.2, 0.25) is 5.91 Å². The Morgan fingerprint density at radius 2 is 1.80 bits per heavy atom. The first-order valence-corrected chi connectivity index (χ1v) is 11.0. The third kappa shape index (κ3) is 3.41. The molecule has 0 unspecified atom stereocenters. The number of anilines is 1. The number of nitrogens with one attached hydrogen (secondary N) is 1. The molecule has 1 amide bonds. The van der Waals surface area contributed by atoms with E-state index in [-0.39, 0.29) is 17.7 Å². The first kappa shape index (κ1) is 20.6. The summed E-state index contributed by atoms with van der Waals surface area (Å²) >= 11 is 1.26. The molecule has 2 aliphatic carbocycles. The molecule has 2 aromatic rings. The van der Waals surface area contributed by atoms with Gasteiger partial charge in [-0.1, -0.05) is 18.2 Å². The van der Waals surface area contributed by atoms with Gasteiger partial charge in [0.05, 0.1) is 18.9 Å². The predicted molar refractivity (Wildman–Crippen MR) is 115 cm³/mol. The first-order chi connectivity index (χ1) is 14.3. The van der Waals surface area contributed by atoms with Crippen molar-refractivity contribution >= 4 is 34.2 Å². The van der Waals surface area contributed by atoms with Crippen LogP contribution in [0.1, 0.15) is 40.7 Å². The van der Waals surface area contributed by atoms with E-state index in [0.717, 1.165) is 36.0 Å². The van der Waals surface area contributed by atoms with Crippen molar-refractivity contribution in [2.45, 2.75) is 33.1 Å². The zero-order chi connectivity index (χ0) is 21.6. The van der Waals surface area contributed by atoms with E-state index in [9.17, 15) is 19.5 Å². The van der Waals surface area contributed by atoms with Crippen LogP contribution in [0.5, 0.6) is 0 Å². The topological polar surface area (TPSA) is 92.7 Å². The minimum absolute atomic E-state index is 0.0674. The molecular formula is C23H25NO5S. The molecule has 7 heteroatoms. The van der Waals surface area contributed by atoms with Crippen molar-refractivity contribution < 1.29 is 24.2 Å². The van der Waals surface area contributed by atoms with E-state index >= 15 is 0 Å². The second-order valence-electron chi connectivity index (χ2n) is 8.36. The Hall–Kier alpha value is -2.67. The summed E-state index contributed by atoms with van der Waals surface area (Å²) in [6.45, 7) is 4.03. The van der Waals surface area contributed by atoms with E-state index in [0.29, 0.717) is 16.1 Å². The zero-order valence-corrected chi connectivity index (χ0v) is 18.0. The molecule has 1 heterocycles. The molecule has 2 aliphatic rings. The summed E-state index contributed by atoms with van der Waals surface area (Å²) in [5.41, 5.74) is 4.14. The average Bonchev–Trinajstić information content (AvgIpc) is 3.43. The van der Waals surface area contributed by atoms with E-state index in [1.807, 2.05) is 37.4 Å². The number of carbonyl (C=O) groups is 3. The Morgan fingerprint density at radius 1 is 1.10 bits per heavy atom. The summed E-state index contributed by atoms with van der Waals surface area (Å²) < 4.78 is 4.99. The van der Waals surface area contributed by atoms with Crippen LogP contribution >= 0.6 is 11.3 Å². The van der Waals surface area contributed by atoms with E-state index < -0.39 is 23.8 Å². The number of carboxylic acids is 1. The van der Waals surface area contributed by atoms with Gasteiger partial charge < -0.3 is 15.2 Å². The number of methoxy groups -OCH3 is 1. The second kappa shape index (κ2) is 7.87. The predicted octanol–water partition coefficient (Wildman–Crippen LogP) is 4.50. The van der Waals surface area contributed by atoms with Crippen molar-refractivity contribution in [3.05, 3.63) is 40.3 Å². The number of thiophene rings is 1. The normalized spacial score (nSPS) is 24.6. The number of fused-ring (bicyclic) bond motifs is 2. The van der Waals surface area contributed by atoms with Gasteiger partial charge in [-0.25, -0.2) is 4.79 Å². The number of amides is 1. The molecule has 6 nitrogen and oxygen atoms in total. The second-order valence-corrected chi connectivity index (χ2v) is 9.24. The maximum absolute atomic E-state index is 13.1. The fourth-order valence-electron chi connectivity index (χ4n) is 5.10. The number of esters is 1. The minimum atomic E-state index is -0.905. The molecule has 0 spiro atoms. The number of benzene rings is 1. The molecule has 2 saturated carbocycles. The van der Waals surface area contributed by atoms with Crippen molar-refractivity contribution in [2.75, 3.05) is 12.4 Å². The highest BCUT2D eigenvalue weighted by molar-refractivity contribution is 7.15. The van der Waals surface area contributed by atoms with Gasteiger partial charge in [-0.15, -0.1) is 11.3 Å². The molecule has 2 N–H and O–H groups in total. The minimum Gasteiger partial charge on any atom is -0.481 e. The Bertz CT molecular complexity index is 1030. The number of ether oxygens (including phenoxy) is 1. The lowest BCUT2D eigenvalue weighted by Crippen LogP contribution is -2.37. The van der Waals surface area contributed by atoms with Crippen LogP contribution in [-0.2, 0) is 14.3 Å². The Labute approximate surface area is 179 Å². The molecule has 2 bridgehead atoms. The number of aryl methyl sites for hydroxylation is 2. The van der Waals surface area contributed by atoms with Crippen LogP contribution < -0.4 is 5.32 Å². The molecule has 0 aliphatic heterocycles. The average molecular weight is 428 g/mol. The summed E-state index contributed by atoms with van der Waals surface area (Å²) in [4.78, 5) is 37.5. The van der Waals surface area contributed by atoms with Gasteiger partial charge in [0.15, 0.2) is 0 Å². The van der Waals surface area contributed by atoms with Crippen molar-refractivity contribution in [3.63, 3.8) is 0 Å². The van der Waals surface area contributed by atoms with Gasteiger partial charge in [-0.2, -0.15) is 0 Å². The largest absolute Gasteiger partial charge is 0.481 e. The van der Waals surface area contributed by atoms with Gasteiger partial charge in [0, 0.05) is 10.9 Å². The molecular weight excluding hydrogens is 402 g/mol. The van der Waals surface area contributed by atoms with Crippen LogP contribution in [0.3, 0.4) is 0 Å². The van der Waals surface area contributed by atoms with Crippen molar-refractivity contribution in [1.29, 1.82) is 0 Å². The van der Waals surface area contributed by atoms with Gasteiger partial charge >= 0.3 is 11.9 Å². The van der Waals surface area contributed by atoms with Crippen LogP contribution in [-0.4, -0.2) is 30.1 Å². The summed E-state index contributed by atoms with van der Waals surface area (Å²) in [5, 5.41) is 14.8. The summed E-state index contributed by atoms with van der Waals surface area (Å²) in [6.07, 6.45) is 2.54. The quantitative estimate of drug-likeness (QED) is 0.685. The van der Waals surface area contributed by atoms with Crippen LogP contribution in [0, 0.1) is 37.5 Å². The molecule has 0 saturated heterocycles. The Balaban J connectivity index is 1.67. The lowest BCUT2D eigenvalue weighted by molar-refractivity contribution is -0.148. The summed E-state index contributed by atoms with van der Waals surface area (Å²) in [5.74, 6) is -2.79. The van der Waals surface area contributed by atoms with Gasteiger partial charge in [0.25, 0.3) is 0 Å². The SMILES string of the molecule is COC(=O)c1c(-c2ccc(C)c(C)c2)csc1NC(=O)[C@H]1[C@H]2CC[C@@H](C2)[C@H]1C(=O)O. The van der Waals surface area contributed by atoms with Crippen molar-refractivity contribution in [3.8, 4) is 11.1 Å². The van der Waals surface area contributed by atoms with Gasteiger partial charge in [0.1, 0.15) is 10.6 Å². The molecule has 4 rings (SSSR count). The number of rotatable bonds is 5. The monoisotopic (exact) mass is 427 g/mol. The fourth-order valence-corrected chi connectivity index (χ4v) is 6.06. The fraction of sp³-hybridized carbons (Fsp3) is 0.435. The van der Waals surface area contributed by atoms with Crippen LogP contribution in [0.15, 0.2) is 23.6 Å².